The van der Waals surface area contributed by atoms with E-state index < -0.39 is 0 Å². The quantitative estimate of drug-likeness (QED) is 0.549. The Bertz CT molecular complexity index is 121. The van der Waals surface area contributed by atoms with Crippen molar-refractivity contribution in [2.24, 2.45) is 0 Å². The second-order valence-electron chi connectivity index (χ2n) is 3.31. The van der Waals surface area contributed by atoms with Gasteiger partial charge < -0.3 is 0 Å². The predicted octanol–water partition coefficient (Wildman–Crippen LogP) is 2.79. The molecular weight excluding hydrogens is 134 g/mol. The highest BCUT2D eigenvalue weighted by Crippen LogP contribution is 2.13. The molecule has 0 heterocycles. The summed E-state index contributed by atoms with van der Waals surface area (Å²) in [4.78, 5) is 0. The van der Waals surface area contributed by atoms with Gasteiger partial charge in [-0.15, -0.1) is 0 Å². The zero-order chi connectivity index (χ0) is 8.91. The van der Waals surface area contributed by atoms with Crippen LogP contribution in [0.4, 0.5) is 0 Å². The maximum atomic E-state index is 2.31. The molecule has 0 aromatic rings. The normalized spacial score (nSPS) is 13.3. The standard InChI is InChI=1S/C10H22N/c1-6-9-11(7-2,8-3)10(4)5/h6,9-10H,7-8H2,1-5H3/q+1. The molecule has 0 aliphatic heterocycles. The molecule has 0 N–H and O–H groups in total. The Balaban J connectivity index is 4.46. The van der Waals surface area contributed by atoms with Gasteiger partial charge in [-0.2, -0.15) is 0 Å². The molecule has 0 aliphatic carbocycles. The molecule has 0 rings (SSSR count). The fraction of sp³-hybridized carbons (Fsp3) is 0.800. The van der Waals surface area contributed by atoms with Gasteiger partial charge in [0.1, 0.15) is 0 Å². The first-order valence-electron chi connectivity index (χ1n) is 4.63. The van der Waals surface area contributed by atoms with E-state index in [1.165, 1.54) is 13.1 Å². The summed E-state index contributed by atoms with van der Waals surface area (Å²) in [6.45, 7) is 13.6. The largest absolute Gasteiger partial charge is 0.296 e. The Kier molecular flexibility index (Phi) is 4.43. The summed E-state index contributed by atoms with van der Waals surface area (Å²) in [5.74, 6) is 0. The van der Waals surface area contributed by atoms with Crippen LogP contribution in [0.25, 0.3) is 0 Å². The highest BCUT2D eigenvalue weighted by Gasteiger charge is 2.23. The second-order valence-corrected chi connectivity index (χ2v) is 3.31. The van der Waals surface area contributed by atoms with E-state index in [2.05, 4.69) is 46.9 Å². The second kappa shape index (κ2) is 4.55. The molecule has 0 aromatic carbocycles. The van der Waals surface area contributed by atoms with E-state index in [9.17, 15) is 0 Å². The average Bonchev–Trinajstić information content (AvgIpc) is 2.00. The summed E-state index contributed by atoms with van der Waals surface area (Å²) in [6.07, 6.45) is 4.47. The topological polar surface area (TPSA) is 0 Å². The van der Waals surface area contributed by atoms with Gasteiger partial charge in [-0.25, -0.2) is 0 Å². The fourth-order valence-corrected chi connectivity index (χ4v) is 1.63. The summed E-state index contributed by atoms with van der Waals surface area (Å²) in [5, 5.41) is 0. The van der Waals surface area contributed by atoms with Crippen LogP contribution in [-0.4, -0.2) is 23.6 Å². The maximum absolute atomic E-state index is 2.31. The minimum atomic E-state index is 0.696. The fourth-order valence-electron chi connectivity index (χ4n) is 1.63. The number of rotatable bonds is 4. The van der Waals surface area contributed by atoms with Crippen molar-refractivity contribution >= 4 is 0 Å². The third kappa shape index (κ3) is 2.33. The van der Waals surface area contributed by atoms with Crippen LogP contribution in [0, 0.1) is 0 Å². The molecule has 0 spiro atoms. The van der Waals surface area contributed by atoms with Gasteiger partial charge in [0.15, 0.2) is 0 Å². The molecule has 0 aromatic heterocycles. The van der Waals surface area contributed by atoms with Crippen molar-refractivity contribution in [2.75, 3.05) is 13.1 Å². The first-order chi connectivity index (χ1) is 5.13. The Labute approximate surface area is 71.3 Å². The lowest BCUT2D eigenvalue weighted by Crippen LogP contribution is -2.47. The van der Waals surface area contributed by atoms with E-state index >= 15 is 0 Å². The predicted molar refractivity (Wildman–Crippen MR) is 51.3 cm³/mol. The summed E-state index contributed by atoms with van der Waals surface area (Å²) < 4.78 is 1.11. The Morgan fingerprint density at radius 2 is 1.64 bits per heavy atom. The van der Waals surface area contributed by atoms with Gasteiger partial charge in [-0.3, -0.25) is 4.48 Å². The van der Waals surface area contributed by atoms with Crippen LogP contribution in [0.15, 0.2) is 12.3 Å². The molecule has 0 saturated carbocycles. The molecule has 0 amide bonds. The lowest BCUT2D eigenvalue weighted by atomic mass is 10.2. The van der Waals surface area contributed by atoms with Crippen LogP contribution in [0.2, 0.25) is 0 Å². The molecule has 0 radical (unpaired) electrons. The molecule has 1 heteroatoms. The molecule has 1 nitrogen and oxygen atoms in total. The Morgan fingerprint density at radius 1 is 1.18 bits per heavy atom. The lowest BCUT2D eigenvalue weighted by molar-refractivity contribution is -0.897. The average molecular weight is 156 g/mol. The van der Waals surface area contributed by atoms with Crippen molar-refractivity contribution in [1.82, 2.24) is 0 Å². The van der Waals surface area contributed by atoms with E-state index in [0.717, 1.165) is 4.48 Å². The van der Waals surface area contributed by atoms with Crippen molar-refractivity contribution in [1.29, 1.82) is 0 Å². The zero-order valence-corrected chi connectivity index (χ0v) is 8.59. The minimum Gasteiger partial charge on any atom is -0.296 e. The summed E-state index contributed by atoms with van der Waals surface area (Å²) in [7, 11) is 0. The van der Waals surface area contributed by atoms with E-state index in [0.29, 0.717) is 6.04 Å². The van der Waals surface area contributed by atoms with Gasteiger partial charge in [-0.1, -0.05) is 0 Å². The minimum absolute atomic E-state index is 0.696. The molecule has 66 valence electrons. The van der Waals surface area contributed by atoms with Gasteiger partial charge in [0, 0.05) is 0 Å². The van der Waals surface area contributed by atoms with E-state index in [-0.39, 0.29) is 0 Å². The van der Waals surface area contributed by atoms with Gasteiger partial charge >= 0.3 is 0 Å². The van der Waals surface area contributed by atoms with Crippen LogP contribution in [0.5, 0.6) is 0 Å². The van der Waals surface area contributed by atoms with Crippen molar-refractivity contribution in [3.05, 3.63) is 12.3 Å². The Morgan fingerprint density at radius 3 is 1.73 bits per heavy atom. The number of allylic oxidation sites excluding steroid dienone is 1. The van der Waals surface area contributed by atoms with Crippen molar-refractivity contribution in [3.8, 4) is 0 Å². The van der Waals surface area contributed by atoms with Gasteiger partial charge in [-0.05, 0) is 40.7 Å². The summed E-state index contributed by atoms with van der Waals surface area (Å²) in [5.41, 5.74) is 0. The van der Waals surface area contributed by atoms with E-state index in [1.807, 2.05) is 0 Å². The molecule has 0 saturated heterocycles. The highest BCUT2D eigenvalue weighted by molar-refractivity contribution is 4.69. The first-order valence-corrected chi connectivity index (χ1v) is 4.63. The van der Waals surface area contributed by atoms with Gasteiger partial charge in [0.25, 0.3) is 0 Å². The molecule has 0 fully saturated rings. The third-order valence-corrected chi connectivity index (χ3v) is 2.65. The molecule has 0 atom stereocenters. The molecule has 0 unspecified atom stereocenters. The number of nitrogens with zero attached hydrogens (tertiary/aromatic N) is 1. The van der Waals surface area contributed by atoms with E-state index in [1.54, 1.807) is 0 Å². The number of hydrogen-bond acceptors (Lipinski definition) is 0. The Hall–Kier alpha value is -0.300. The first kappa shape index (κ1) is 10.7. The lowest BCUT2D eigenvalue weighted by Gasteiger charge is -2.36. The number of hydrogen-bond donors (Lipinski definition) is 0. The van der Waals surface area contributed by atoms with Crippen molar-refractivity contribution in [2.45, 2.75) is 40.7 Å². The maximum Gasteiger partial charge on any atom is 0.0917 e. The van der Waals surface area contributed by atoms with Crippen molar-refractivity contribution < 1.29 is 4.48 Å². The zero-order valence-electron chi connectivity index (χ0n) is 8.59. The third-order valence-electron chi connectivity index (χ3n) is 2.65. The number of quaternary nitrogens is 1. The van der Waals surface area contributed by atoms with Gasteiger partial charge in [0.05, 0.1) is 25.3 Å². The van der Waals surface area contributed by atoms with Crippen LogP contribution in [-0.2, 0) is 0 Å². The monoisotopic (exact) mass is 156 g/mol. The molecule has 11 heavy (non-hydrogen) atoms. The van der Waals surface area contributed by atoms with Crippen LogP contribution < -0.4 is 0 Å². The van der Waals surface area contributed by atoms with E-state index in [4.69, 9.17) is 0 Å². The summed E-state index contributed by atoms with van der Waals surface area (Å²) in [6, 6.07) is 0.696. The summed E-state index contributed by atoms with van der Waals surface area (Å²) >= 11 is 0. The molecular formula is C10H22N+. The van der Waals surface area contributed by atoms with Crippen LogP contribution in [0.3, 0.4) is 0 Å². The SMILES string of the molecule is CC=C[N+](CC)(CC)C(C)C. The molecule has 0 bridgehead atoms. The molecule has 0 aliphatic rings. The smallest absolute Gasteiger partial charge is 0.0917 e. The van der Waals surface area contributed by atoms with Crippen molar-refractivity contribution in [3.63, 3.8) is 0 Å². The van der Waals surface area contributed by atoms with Gasteiger partial charge in [0.2, 0.25) is 0 Å². The van der Waals surface area contributed by atoms with Crippen LogP contribution >= 0.6 is 0 Å². The highest BCUT2D eigenvalue weighted by atomic mass is 15.3. The van der Waals surface area contributed by atoms with Crippen LogP contribution in [0.1, 0.15) is 34.6 Å².